The summed E-state index contributed by atoms with van der Waals surface area (Å²) in [5.74, 6) is 4.91. The van der Waals surface area contributed by atoms with Crippen LogP contribution in [0.2, 0.25) is 0 Å². The van der Waals surface area contributed by atoms with Gasteiger partial charge in [-0.25, -0.2) is 5.84 Å². The molecule has 1 unspecified atom stereocenters. The third-order valence-electron chi connectivity index (χ3n) is 2.33. The fraction of sp³-hybridized carbons (Fsp3) is 0.500. The number of hydrogen-bond acceptors (Lipinski definition) is 5. The second-order valence-corrected chi connectivity index (χ2v) is 5.54. The monoisotopic (exact) mass is 321 g/mol. The van der Waals surface area contributed by atoms with E-state index in [0.717, 1.165) is 4.47 Å². The summed E-state index contributed by atoms with van der Waals surface area (Å²) in [6.07, 6.45) is 0. The number of rotatable bonds is 6. The number of thiophene rings is 1. The maximum absolute atomic E-state index is 11.6. The average Bonchev–Trinajstić information content (AvgIpc) is 2.70. The number of hydrazine groups is 1. The molecule has 0 spiro atoms. The van der Waals surface area contributed by atoms with Gasteiger partial charge in [0.1, 0.15) is 6.04 Å². The maximum atomic E-state index is 11.6. The van der Waals surface area contributed by atoms with E-state index in [0.29, 0.717) is 13.2 Å². The van der Waals surface area contributed by atoms with E-state index in [1.165, 1.54) is 4.88 Å². The molecule has 1 atom stereocenters. The van der Waals surface area contributed by atoms with Crippen molar-refractivity contribution < 1.29 is 9.53 Å². The van der Waals surface area contributed by atoms with Gasteiger partial charge in [-0.2, -0.15) is 0 Å². The molecule has 0 aliphatic rings. The Kier molecular flexibility index (Phi) is 6.07. The summed E-state index contributed by atoms with van der Waals surface area (Å²) in [5, 5.41) is 2.01. The second kappa shape index (κ2) is 7.07. The predicted octanol–water partition coefficient (Wildman–Crippen LogP) is 0.947. The molecule has 0 radical (unpaired) electrons. The summed E-state index contributed by atoms with van der Waals surface area (Å²) in [5.41, 5.74) is 2.16. The largest absolute Gasteiger partial charge is 0.383 e. The number of halogens is 1. The minimum absolute atomic E-state index is 0.245. The molecule has 1 heterocycles. The highest BCUT2D eigenvalue weighted by Crippen LogP contribution is 2.21. The number of amides is 1. The molecule has 17 heavy (non-hydrogen) atoms. The molecule has 0 bridgehead atoms. The lowest BCUT2D eigenvalue weighted by Crippen LogP contribution is -2.49. The Labute approximate surface area is 113 Å². The summed E-state index contributed by atoms with van der Waals surface area (Å²) >= 11 is 5.04. The third kappa shape index (κ3) is 4.36. The van der Waals surface area contributed by atoms with Crippen molar-refractivity contribution in [3.8, 4) is 0 Å². The summed E-state index contributed by atoms with van der Waals surface area (Å²) in [6.45, 7) is 0.990. The molecular formula is C10H16BrN3O2S. The van der Waals surface area contributed by atoms with Crippen LogP contribution in [0.25, 0.3) is 0 Å². The van der Waals surface area contributed by atoms with E-state index in [9.17, 15) is 4.79 Å². The van der Waals surface area contributed by atoms with Gasteiger partial charge in [0.05, 0.1) is 6.61 Å². The van der Waals surface area contributed by atoms with Gasteiger partial charge < -0.3 is 4.74 Å². The zero-order valence-corrected chi connectivity index (χ0v) is 12.2. The number of likely N-dealkylation sites (N-methyl/N-ethyl adjacent to an activating group) is 1. The summed E-state index contributed by atoms with van der Waals surface area (Å²) in [4.78, 5) is 14.7. The van der Waals surface area contributed by atoms with Crippen LogP contribution in [0.1, 0.15) is 4.88 Å². The van der Waals surface area contributed by atoms with E-state index >= 15 is 0 Å². The van der Waals surface area contributed by atoms with Crippen molar-refractivity contribution in [3.63, 3.8) is 0 Å². The van der Waals surface area contributed by atoms with Crippen molar-refractivity contribution in [3.05, 3.63) is 20.8 Å². The first-order valence-corrected chi connectivity index (χ1v) is 6.68. The van der Waals surface area contributed by atoms with Gasteiger partial charge in [0, 0.05) is 28.4 Å². The molecule has 1 aromatic heterocycles. The maximum Gasteiger partial charge on any atom is 0.253 e. The quantitative estimate of drug-likeness (QED) is 0.465. The van der Waals surface area contributed by atoms with Crippen molar-refractivity contribution >= 4 is 33.2 Å². The second-order valence-electron chi connectivity index (χ2n) is 3.63. The molecule has 0 aromatic carbocycles. The van der Waals surface area contributed by atoms with E-state index in [1.54, 1.807) is 18.4 Å². The van der Waals surface area contributed by atoms with Gasteiger partial charge in [-0.05, 0) is 29.0 Å². The Morgan fingerprint density at radius 3 is 2.94 bits per heavy atom. The first kappa shape index (κ1) is 14.6. The zero-order chi connectivity index (χ0) is 12.8. The molecule has 3 N–H and O–H groups in total. The molecular weight excluding hydrogens is 306 g/mol. The molecule has 1 rings (SSSR count). The van der Waals surface area contributed by atoms with Gasteiger partial charge in [0.2, 0.25) is 0 Å². The fourth-order valence-corrected chi connectivity index (χ4v) is 2.96. The number of carbonyl (C=O) groups excluding carboxylic acids is 1. The zero-order valence-electron chi connectivity index (χ0n) is 9.77. The van der Waals surface area contributed by atoms with E-state index in [2.05, 4.69) is 21.4 Å². The van der Waals surface area contributed by atoms with Gasteiger partial charge in [0.15, 0.2) is 0 Å². The number of ether oxygens (including phenoxy) is 1. The predicted molar refractivity (Wildman–Crippen MR) is 71.5 cm³/mol. The van der Waals surface area contributed by atoms with Gasteiger partial charge in [-0.15, -0.1) is 11.3 Å². The Bertz CT molecular complexity index is 372. The summed E-state index contributed by atoms with van der Waals surface area (Å²) in [6, 6.07) is 1.65. The van der Waals surface area contributed by atoms with Crippen molar-refractivity contribution in [1.29, 1.82) is 0 Å². The SMILES string of the molecule is COCC(C(=O)NN)N(C)Cc1cc(Br)cs1. The first-order valence-electron chi connectivity index (χ1n) is 5.01. The van der Waals surface area contributed by atoms with Gasteiger partial charge >= 0.3 is 0 Å². The number of methoxy groups -OCH3 is 1. The standard InChI is InChI=1S/C10H16BrN3O2S/c1-14(4-8-3-7(11)6-17-8)9(5-16-2)10(15)13-12/h3,6,9H,4-5,12H2,1-2H3,(H,13,15). The smallest absolute Gasteiger partial charge is 0.253 e. The number of nitrogens with two attached hydrogens (primary N) is 1. The van der Waals surface area contributed by atoms with E-state index in [1.807, 2.05) is 23.4 Å². The first-order chi connectivity index (χ1) is 8.08. The molecule has 5 nitrogen and oxygen atoms in total. The Morgan fingerprint density at radius 2 is 2.47 bits per heavy atom. The van der Waals surface area contributed by atoms with Crippen LogP contribution >= 0.6 is 27.3 Å². The molecule has 1 aromatic rings. The molecule has 96 valence electrons. The minimum Gasteiger partial charge on any atom is -0.383 e. The van der Waals surface area contributed by atoms with Crippen molar-refractivity contribution in [1.82, 2.24) is 10.3 Å². The van der Waals surface area contributed by atoms with Gasteiger partial charge in [-0.1, -0.05) is 0 Å². The number of carbonyl (C=O) groups is 1. The number of hydrogen-bond donors (Lipinski definition) is 2. The van der Waals surface area contributed by atoms with Crippen LogP contribution in [0.15, 0.2) is 15.9 Å². The number of nitrogens with one attached hydrogen (secondary N) is 1. The van der Waals surface area contributed by atoms with E-state index in [-0.39, 0.29) is 11.9 Å². The van der Waals surface area contributed by atoms with Gasteiger partial charge in [0.25, 0.3) is 5.91 Å². The van der Waals surface area contributed by atoms with Crippen LogP contribution in [0.4, 0.5) is 0 Å². The van der Waals surface area contributed by atoms with Gasteiger partial charge in [-0.3, -0.25) is 15.1 Å². The molecule has 1 amide bonds. The molecule has 0 aliphatic carbocycles. The fourth-order valence-electron chi connectivity index (χ4n) is 1.45. The van der Waals surface area contributed by atoms with Crippen molar-refractivity contribution in [2.24, 2.45) is 5.84 Å². The topological polar surface area (TPSA) is 67.6 Å². The minimum atomic E-state index is -0.383. The van der Waals surface area contributed by atoms with Crippen LogP contribution in [-0.4, -0.2) is 37.6 Å². The lowest BCUT2D eigenvalue weighted by Gasteiger charge is -2.25. The molecule has 0 aliphatic heterocycles. The molecule has 0 saturated heterocycles. The molecule has 0 fully saturated rings. The highest BCUT2D eigenvalue weighted by atomic mass is 79.9. The van der Waals surface area contributed by atoms with Crippen molar-refractivity contribution in [2.45, 2.75) is 12.6 Å². The third-order valence-corrected chi connectivity index (χ3v) is 4.01. The summed E-state index contributed by atoms with van der Waals surface area (Å²) < 4.78 is 6.08. The van der Waals surface area contributed by atoms with Crippen LogP contribution < -0.4 is 11.3 Å². The van der Waals surface area contributed by atoms with Crippen LogP contribution in [0.3, 0.4) is 0 Å². The highest BCUT2D eigenvalue weighted by Gasteiger charge is 2.22. The Balaban J connectivity index is 2.64. The van der Waals surface area contributed by atoms with Crippen LogP contribution in [0.5, 0.6) is 0 Å². The van der Waals surface area contributed by atoms with Crippen molar-refractivity contribution in [2.75, 3.05) is 20.8 Å². The number of nitrogens with zero attached hydrogens (tertiary/aromatic N) is 1. The lowest BCUT2D eigenvalue weighted by molar-refractivity contribution is -0.128. The van der Waals surface area contributed by atoms with Crippen LogP contribution in [0, 0.1) is 0 Å². The van der Waals surface area contributed by atoms with E-state index in [4.69, 9.17) is 10.6 Å². The van der Waals surface area contributed by atoms with E-state index < -0.39 is 0 Å². The molecule has 7 heteroatoms. The lowest BCUT2D eigenvalue weighted by atomic mass is 10.2. The normalized spacial score (nSPS) is 12.8. The summed E-state index contributed by atoms with van der Waals surface area (Å²) in [7, 11) is 3.43. The van der Waals surface area contributed by atoms with Crippen LogP contribution in [-0.2, 0) is 16.1 Å². The highest BCUT2D eigenvalue weighted by molar-refractivity contribution is 9.10. The average molecular weight is 322 g/mol. The Morgan fingerprint density at radius 1 is 1.76 bits per heavy atom. The molecule has 0 saturated carbocycles. The Hall–Kier alpha value is -0.470.